The molecule has 2 N–H and O–H groups in total. The number of phenols is 1. The van der Waals surface area contributed by atoms with Gasteiger partial charge in [-0.3, -0.25) is 0 Å². The first-order valence-electron chi connectivity index (χ1n) is 5.99. The van der Waals surface area contributed by atoms with Crippen molar-refractivity contribution in [3.63, 3.8) is 0 Å². The van der Waals surface area contributed by atoms with Crippen molar-refractivity contribution in [2.45, 2.75) is 45.8 Å². The molecule has 0 aliphatic carbocycles. The van der Waals surface area contributed by atoms with Crippen molar-refractivity contribution in [1.29, 1.82) is 0 Å². The van der Waals surface area contributed by atoms with Gasteiger partial charge in [-0.2, -0.15) is 0 Å². The molecule has 2 nitrogen and oxygen atoms in total. The fraction of sp³-hybridized carbons (Fsp3) is 0.571. The first-order chi connectivity index (χ1) is 7.79. The van der Waals surface area contributed by atoms with Crippen LogP contribution >= 0.6 is 0 Å². The van der Waals surface area contributed by atoms with Crippen molar-refractivity contribution in [3.8, 4) is 5.75 Å². The Labute approximate surface area is 103 Å². The van der Waals surface area contributed by atoms with Crippen LogP contribution in [0.15, 0.2) is 18.2 Å². The summed E-state index contributed by atoms with van der Waals surface area (Å²) in [6.45, 7) is 7.39. The Morgan fingerprint density at radius 1 is 1.41 bits per heavy atom. The largest absolute Gasteiger partial charge is 0.508 e. The third kappa shape index (κ3) is 4.73. The maximum atomic E-state index is 13.3. The molecule has 0 aliphatic heterocycles. The van der Waals surface area contributed by atoms with Crippen LogP contribution in [0, 0.1) is 6.92 Å². The second kappa shape index (κ2) is 5.50. The highest BCUT2D eigenvalue weighted by atomic mass is 19.1. The molecule has 0 aliphatic rings. The van der Waals surface area contributed by atoms with Gasteiger partial charge >= 0.3 is 0 Å². The Morgan fingerprint density at radius 3 is 2.65 bits per heavy atom. The van der Waals surface area contributed by atoms with E-state index in [-0.39, 0.29) is 6.04 Å². The molecule has 3 heteroatoms. The molecular formula is C14H22FNO. The Hall–Kier alpha value is -1.09. The summed E-state index contributed by atoms with van der Waals surface area (Å²) in [5.74, 6) is 0.320. The van der Waals surface area contributed by atoms with Gasteiger partial charge in [0.1, 0.15) is 11.4 Å². The summed E-state index contributed by atoms with van der Waals surface area (Å²) in [5.41, 5.74) is 0.810. The van der Waals surface area contributed by atoms with E-state index < -0.39 is 5.67 Å². The lowest BCUT2D eigenvalue weighted by Gasteiger charge is -2.20. The number of halogens is 1. The molecule has 1 aromatic carbocycles. The van der Waals surface area contributed by atoms with E-state index in [2.05, 4.69) is 5.32 Å². The molecule has 96 valence electrons. The number of nitrogens with one attached hydrogen (secondary N) is 1. The van der Waals surface area contributed by atoms with Crippen LogP contribution in [0.4, 0.5) is 4.39 Å². The minimum absolute atomic E-state index is 0.186. The molecule has 0 heterocycles. The lowest BCUT2D eigenvalue weighted by atomic mass is 10.0. The van der Waals surface area contributed by atoms with Gasteiger partial charge in [0.05, 0.1) is 0 Å². The second-order valence-corrected chi connectivity index (χ2v) is 5.27. The van der Waals surface area contributed by atoms with Crippen LogP contribution in [0.5, 0.6) is 5.75 Å². The molecule has 0 radical (unpaired) electrons. The van der Waals surface area contributed by atoms with Gasteiger partial charge < -0.3 is 10.4 Å². The molecule has 0 amide bonds. The molecule has 0 spiro atoms. The number of hydrogen-bond acceptors (Lipinski definition) is 2. The zero-order chi connectivity index (χ0) is 13.1. The van der Waals surface area contributed by atoms with Gasteiger partial charge in [-0.25, -0.2) is 4.39 Å². The smallest absolute Gasteiger partial charge is 0.118 e. The highest BCUT2D eigenvalue weighted by Gasteiger charge is 2.16. The summed E-state index contributed by atoms with van der Waals surface area (Å²) in [4.78, 5) is 0. The highest BCUT2D eigenvalue weighted by Crippen LogP contribution is 2.20. The zero-order valence-corrected chi connectivity index (χ0v) is 11.0. The van der Waals surface area contributed by atoms with Crippen LogP contribution in [-0.4, -0.2) is 23.4 Å². The van der Waals surface area contributed by atoms with Gasteiger partial charge in [-0.05, 0) is 51.3 Å². The maximum Gasteiger partial charge on any atom is 0.118 e. The zero-order valence-electron chi connectivity index (χ0n) is 11.0. The number of benzene rings is 1. The predicted molar refractivity (Wildman–Crippen MR) is 69.2 cm³/mol. The normalized spacial score (nSPS) is 13.7. The van der Waals surface area contributed by atoms with Gasteiger partial charge in [0.15, 0.2) is 0 Å². The third-order valence-electron chi connectivity index (χ3n) is 2.81. The van der Waals surface area contributed by atoms with Crippen LogP contribution in [-0.2, 0) is 6.42 Å². The van der Waals surface area contributed by atoms with E-state index in [4.69, 9.17) is 0 Å². The standard InChI is InChI=1S/C14H22FNO/c1-10(16-9-14(3,4)15)8-12-6-5-7-13(17)11(12)2/h5-7,10,16-17H,8-9H2,1-4H3. The summed E-state index contributed by atoms with van der Waals surface area (Å²) in [7, 11) is 0. The number of rotatable bonds is 5. The van der Waals surface area contributed by atoms with Gasteiger partial charge in [-0.1, -0.05) is 12.1 Å². The molecule has 0 aromatic heterocycles. The van der Waals surface area contributed by atoms with E-state index in [1.165, 1.54) is 0 Å². The Morgan fingerprint density at radius 2 is 2.06 bits per heavy atom. The summed E-state index contributed by atoms with van der Waals surface area (Å²) in [6.07, 6.45) is 0.788. The predicted octanol–water partition coefficient (Wildman–Crippen LogP) is 2.97. The monoisotopic (exact) mass is 239 g/mol. The van der Waals surface area contributed by atoms with Crippen LogP contribution in [0.3, 0.4) is 0 Å². The van der Waals surface area contributed by atoms with Crippen LogP contribution in [0.2, 0.25) is 0 Å². The molecule has 1 rings (SSSR count). The molecule has 0 fully saturated rings. The first kappa shape index (κ1) is 14.0. The summed E-state index contributed by atoms with van der Waals surface area (Å²) in [6, 6.07) is 5.70. The third-order valence-corrected chi connectivity index (χ3v) is 2.81. The van der Waals surface area contributed by atoms with E-state index in [9.17, 15) is 9.50 Å². The molecule has 0 saturated carbocycles. The molecule has 17 heavy (non-hydrogen) atoms. The second-order valence-electron chi connectivity index (χ2n) is 5.27. The van der Waals surface area contributed by atoms with Gasteiger partial charge in [0.25, 0.3) is 0 Å². The van der Waals surface area contributed by atoms with Crippen LogP contribution in [0.25, 0.3) is 0 Å². The van der Waals surface area contributed by atoms with Crippen molar-refractivity contribution in [2.24, 2.45) is 0 Å². The van der Waals surface area contributed by atoms with E-state index in [1.54, 1.807) is 19.9 Å². The van der Waals surface area contributed by atoms with E-state index in [0.717, 1.165) is 17.5 Å². The minimum atomic E-state index is -1.19. The Kier molecular flexibility index (Phi) is 4.52. The molecule has 1 unspecified atom stereocenters. The van der Waals surface area contributed by atoms with E-state index in [1.807, 2.05) is 26.0 Å². The molecule has 1 atom stereocenters. The van der Waals surface area contributed by atoms with E-state index in [0.29, 0.717) is 12.3 Å². The fourth-order valence-corrected chi connectivity index (χ4v) is 1.71. The summed E-state index contributed by atoms with van der Waals surface area (Å²) < 4.78 is 13.3. The minimum Gasteiger partial charge on any atom is -0.508 e. The topological polar surface area (TPSA) is 32.3 Å². The van der Waals surface area contributed by atoms with Crippen molar-refractivity contribution >= 4 is 0 Å². The fourth-order valence-electron chi connectivity index (χ4n) is 1.71. The van der Waals surface area contributed by atoms with Crippen LogP contribution < -0.4 is 5.32 Å². The number of alkyl halides is 1. The highest BCUT2D eigenvalue weighted by molar-refractivity contribution is 5.38. The van der Waals surface area contributed by atoms with Gasteiger partial charge in [0.2, 0.25) is 0 Å². The van der Waals surface area contributed by atoms with Crippen molar-refractivity contribution < 1.29 is 9.50 Å². The molecule has 1 aromatic rings. The lowest BCUT2D eigenvalue weighted by Crippen LogP contribution is -2.37. The summed E-state index contributed by atoms with van der Waals surface area (Å²) >= 11 is 0. The maximum absolute atomic E-state index is 13.3. The van der Waals surface area contributed by atoms with E-state index >= 15 is 0 Å². The average molecular weight is 239 g/mol. The molecule has 0 bridgehead atoms. The van der Waals surface area contributed by atoms with Crippen molar-refractivity contribution in [3.05, 3.63) is 29.3 Å². The summed E-state index contributed by atoms with van der Waals surface area (Å²) in [5, 5.41) is 12.8. The van der Waals surface area contributed by atoms with Gasteiger partial charge in [-0.15, -0.1) is 0 Å². The quantitative estimate of drug-likeness (QED) is 0.828. The SMILES string of the molecule is Cc1c(O)cccc1CC(C)NCC(C)(C)F. The first-order valence-corrected chi connectivity index (χ1v) is 5.99. The Bertz CT molecular complexity index is 371. The van der Waals surface area contributed by atoms with Crippen molar-refractivity contribution in [1.82, 2.24) is 5.32 Å². The Balaban J connectivity index is 2.56. The number of phenolic OH excluding ortho intramolecular Hbond substituents is 1. The lowest BCUT2D eigenvalue weighted by molar-refractivity contribution is 0.204. The van der Waals surface area contributed by atoms with Crippen LogP contribution in [0.1, 0.15) is 31.9 Å². The average Bonchev–Trinajstić information content (AvgIpc) is 2.21. The van der Waals surface area contributed by atoms with Crippen molar-refractivity contribution in [2.75, 3.05) is 6.54 Å². The number of hydrogen-bond donors (Lipinski definition) is 2. The van der Waals surface area contributed by atoms with Gasteiger partial charge in [0, 0.05) is 12.6 Å². The number of aromatic hydroxyl groups is 1. The molecule has 0 saturated heterocycles. The molecular weight excluding hydrogens is 217 g/mol.